The van der Waals surface area contributed by atoms with E-state index in [1.807, 2.05) is 0 Å². The standard InChI is InChI=1S/C21H35N3O6S/c1-5-14(4)31-15-11-17(26)24(21(15)30)10-8-6-7-9-16(25)23-19(13(2)3)20(29)22-12-18(27)28/h13-15,19H,5-12H2,1-4H3,(H,22,29)(H,23,25)(H,27,28). The van der Waals surface area contributed by atoms with Crippen molar-refractivity contribution in [3.05, 3.63) is 0 Å². The second-order valence-electron chi connectivity index (χ2n) is 8.14. The Morgan fingerprint density at radius 1 is 1.16 bits per heavy atom. The first-order valence-corrected chi connectivity index (χ1v) is 11.8. The molecular weight excluding hydrogens is 422 g/mol. The maximum atomic E-state index is 12.4. The Bertz CT molecular complexity index is 670. The van der Waals surface area contributed by atoms with Gasteiger partial charge in [-0.1, -0.05) is 34.1 Å². The van der Waals surface area contributed by atoms with E-state index in [1.54, 1.807) is 25.6 Å². The second kappa shape index (κ2) is 13.3. The molecule has 0 aromatic heterocycles. The molecule has 1 heterocycles. The molecule has 0 bridgehead atoms. The van der Waals surface area contributed by atoms with Gasteiger partial charge in [0.25, 0.3) is 0 Å². The predicted molar refractivity (Wildman–Crippen MR) is 118 cm³/mol. The van der Waals surface area contributed by atoms with Crippen LogP contribution in [0, 0.1) is 5.92 Å². The molecule has 3 unspecified atom stereocenters. The first kappa shape index (κ1) is 26.9. The van der Waals surface area contributed by atoms with Gasteiger partial charge in [-0.05, 0) is 25.2 Å². The summed E-state index contributed by atoms with van der Waals surface area (Å²) in [4.78, 5) is 60.7. The van der Waals surface area contributed by atoms with Gasteiger partial charge in [-0.2, -0.15) is 0 Å². The van der Waals surface area contributed by atoms with E-state index in [2.05, 4.69) is 24.5 Å². The molecule has 0 aliphatic carbocycles. The zero-order chi connectivity index (χ0) is 23.6. The average molecular weight is 458 g/mol. The minimum absolute atomic E-state index is 0.111. The van der Waals surface area contributed by atoms with Gasteiger partial charge in [-0.15, -0.1) is 11.8 Å². The highest BCUT2D eigenvalue weighted by Crippen LogP contribution is 2.29. The van der Waals surface area contributed by atoms with Crippen LogP contribution in [0.25, 0.3) is 0 Å². The van der Waals surface area contributed by atoms with E-state index in [1.165, 1.54) is 4.90 Å². The number of carbonyl (C=O) groups is 5. The highest BCUT2D eigenvalue weighted by Gasteiger charge is 2.38. The van der Waals surface area contributed by atoms with Crippen molar-refractivity contribution >= 4 is 41.4 Å². The Balaban J connectivity index is 2.34. The SMILES string of the molecule is CCC(C)SC1CC(=O)N(CCCCCC(=O)NC(C(=O)NCC(=O)O)C(C)C)C1=O. The number of unbranched alkanes of at least 4 members (excludes halogenated alkanes) is 2. The summed E-state index contributed by atoms with van der Waals surface area (Å²) in [5.74, 6) is -2.40. The number of rotatable bonds is 14. The summed E-state index contributed by atoms with van der Waals surface area (Å²) in [6.07, 6.45) is 3.28. The van der Waals surface area contributed by atoms with Crippen molar-refractivity contribution in [3.8, 4) is 0 Å². The summed E-state index contributed by atoms with van der Waals surface area (Å²) >= 11 is 1.56. The van der Waals surface area contributed by atoms with E-state index >= 15 is 0 Å². The molecule has 1 aliphatic heterocycles. The molecule has 3 atom stereocenters. The third-order valence-corrected chi connectivity index (χ3v) is 6.63. The number of amides is 4. The molecule has 0 saturated carbocycles. The minimum atomic E-state index is -1.15. The van der Waals surface area contributed by atoms with Crippen LogP contribution in [0.4, 0.5) is 0 Å². The fraction of sp³-hybridized carbons (Fsp3) is 0.762. The number of nitrogens with zero attached hydrogens (tertiary/aromatic N) is 1. The van der Waals surface area contributed by atoms with Gasteiger partial charge in [-0.3, -0.25) is 28.9 Å². The molecule has 31 heavy (non-hydrogen) atoms. The van der Waals surface area contributed by atoms with E-state index in [9.17, 15) is 24.0 Å². The first-order valence-electron chi connectivity index (χ1n) is 10.8. The van der Waals surface area contributed by atoms with Gasteiger partial charge in [-0.25, -0.2) is 0 Å². The van der Waals surface area contributed by atoms with Crippen molar-refractivity contribution in [2.75, 3.05) is 13.1 Å². The van der Waals surface area contributed by atoms with Crippen LogP contribution in [0.2, 0.25) is 0 Å². The van der Waals surface area contributed by atoms with Gasteiger partial charge in [0.1, 0.15) is 12.6 Å². The van der Waals surface area contributed by atoms with Crippen LogP contribution in [0.15, 0.2) is 0 Å². The summed E-state index contributed by atoms with van der Waals surface area (Å²) in [7, 11) is 0. The largest absolute Gasteiger partial charge is 0.480 e. The van der Waals surface area contributed by atoms with E-state index in [0.717, 1.165) is 6.42 Å². The van der Waals surface area contributed by atoms with Gasteiger partial charge in [0.15, 0.2) is 0 Å². The Kier molecular flexibility index (Phi) is 11.6. The van der Waals surface area contributed by atoms with Crippen molar-refractivity contribution in [1.29, 1.82) is 0 Å². The summed E-state index contributed by atoms with van der Waals surface area (Å²) in [6, 6.07) is -0.799. The van der Waals surface area contributed by atoms with Gasteiger partial charge in [0.05, 0.1) is 5.25 Å². The van der Waals surface area contributed by atoms with E-state index < -0.39 is 24.5 Å². The zero-order valence-corrected chi connectivity index (χ0v) is 19.6. The number of hydrogen-bond donors (Lipinski definition) is 3. The Hall–Kier alpha value is -2.10. The maximum Gasteiger partial charge on any atom is 0.322 e. The molecule has 0 radical (unpaired) electrons. The third kappa shape index (κ3) is 9.28. The average Bonchev–Trinajstić information content (AvgIpc) is 2.96. The Labute approximate surface area is 188 Å². The number of imide groups is 1. The smallest absolute Gasteiger partial charge is 0.322 e. The number of carbonyl (C=O) groups excluding carboxylic acids is 4. The number of nitrogens with one attached hydrogen (secondary N) is 2. The topological polar surface area (TPSA) is 133 Å². The van der Waals surface area contributed by atoms with Crippen molar-refractivity contribution in [2.24, 2.45) is 5.92 Å². The molecule has 9 nitrogen and oxygen atoms in total. The Morgan fingerprint density at radius 3 is 2.42 bits per heavy atom. The number of hydrogen-bond acceptors (Lipinski definition) is 6. The summed E-state index contributed by atoms with van der Waals surface area (Å²) < 4.78 is 0. The second-order valence-corrected chi connectivity index (χ2v) is 9.79. The van der Waals surface area contributed by atoms with Crippen molar-refractivity contribution in [2.45, 2.75) is 82.8 Å². The summed E-state index contributed by atoms with van der Waals surface area (Å²) in [6.45, 7) is 7.50. The highest BCUT2D eigenvalue weighted by atomic mass is 32.2. The molecule has 4 amide bonds. The zero-order valence-electron chi connectivity index (χ0n) is 18.8. The molecule has 1 saturated heterocycles. The quantitative estimate of drug-likeness (QED) is 0.266. The van der Waals surface area contributed by atoms with Crippen LogP contribution in [0.1, 0.15) is 66.2 Å². The number of carboxylic acids is 1. The number of aliphatic carboxylic acids is 1. The molecule has 3 N–H and O–H groups in total. The molecule has 1 rings (SSSR count). The maximum absolute atomic E-state index is 12.4. The fourth-order valence-electron chi connectivity index (χ4n) is 3.16. The monoisotopic (exact) mass is 457 g/mol. The van der Waals surface area contributed by atoms with E-state index in [-0.39, 0.29) is 41.7 Å². The number of thioether (sulfide) groups is 1. The molecule has 10 heteroatoms. The number of carboxylic acid groups (broad SMARTS) is 1. The van der Waals surface area contributed by atoms with Crippen molar-refractivity contribution < 1.29 is 29.1 Å². The predicted octanol–water partition coefficient (Wildman–Crippen LogP) is 1.55. The van der Waals surface area contributed by atoms with Crippen LogP contribution < -0.4 is 10.6 Å². The third-order valence-electron chi connectivity index (χ3n) is 5.14. The van der Waals surface area contributed by atoms with Crippen molar-refractivity contribution in [3.63, 3.8) is 0 Å². The molecule has 1 fully saturated rings. The van der Waals surface area contributed by atoms with Gasteiger partial charge in [0, 0.05) is 24.6 Å². The van der Waals surface area contributed by atoms with Crippen molar-refractivity contribution in [1.82, 2.24) is 15.5 Å². The number of likely N-dealkylation sites (tertiary alicyclic amines) is 1. The van der Waals surface area contributed by atoms with Crippen LogP contribution in [-0.4, -0.2) is 69.2 Å². The first-order chi connectivity index (χ1) is 14.6. The van der Waals surface area contributed by atoms with E-state index in [4.69, 9.17) is 5.11 Å². The minimum Gasteiger partial charge on any atom is -0.480 e. The lowest BCUT2D eigenvalue weighted by atomic mass is 10.0. The van der Waals surface area contributed by atoms with Crippen LogP contribution >= 0.6 is 11.8 Å². The van der Waals surface area contributed by atoms with Crippen LogP contribution in [0.5, 0.6) is 0 Å². The van der Waals surface area contributed by atoms with Crippen LogP contribution in [0.3, 0.4) is 0 Å². The van der Waals surface area contributed by atoms with Crippen LogP contribution in [-0.2, 0) is 24.0 Å². The normalized spacial score (nSPS) is 18.2. The lowest BCUT2D eigenvalue weighted by Gasteiger charge is -2.21. The molecule has 1 aliphatic rings. The van der Waals surface area contributed by atoms with Gasteiger partial charge < -0.3 is 15.7 Å². The van der Waals surface area contributed by atoms with E-state index in [0.29, 0.717) is 31.1 Å². The molecular formula is C21H35N3O6S. The molecule has 0 aromatic rings. The van der Waals surface area contributed by atoms with Gasteiger partial charge in [0.2, 0.25) is 23.6 Å². The molecule has 0 spiro atoms. The lowest BCUT2D eigenvalue weighted by molar-refractivity contribution is -0.139. The fourth-order valence-corrected chi connectivity index (χ4v) is 4.39. The van der Waals surface area contributed by atoms with Gasteiger partial charge >= 0.3 is 5.97 Å². The molecule has 176 valence electrons. The summed E-state index contributed by atoms with van der Waals surface area (Å²) in [5, 5.41) is 13.6. The lowest BCUT2D eigenvalue weighted by Crippen LogP contribution is -2.50. The highest BCUT2D eigenvalue weighted by molar-refractivity contribution is 8.01. The summed E-state index contributed by atoms with van der Waals surface area (Å²) in [5.41, 5.74) is 0. The Morgan fingerprint density at radius 2 is 1.84 bits per heavy atom. The molecule has 0 aromatic carbocycles.